The third-order valence-corrected chi connectivity index (χ3v) is 4.45. The maximum atomic E-state index is 12.2. The Balaban J connectivity index is 3.10. The predicted octanol–water partition coefficient (Wildman–Crippen LogP) is 1.89. The summed E-state index contributed by atoms with van der Waals surface area (Å²) in [5, 5.41) is 8.30. The van der Waals surface area contributed by atoms with Gasteiger partial charge in [-0.3, -0.25) is 4.79 Å². The van der Waals surface area contributed by atoms with Gasteiger partial charge in [-0.2, -0.15) is 0 Å². The molecule has 5 nitrogen and oxygen atoms in total. The second kappa shape index (κ2) is 8.98. The fraction of sp³-hybridized carbons (Fsp3) is 0.533. The highest BCUT2D eigenvalue weighted by Crippen LogP contribution is 2.36. The molecule has 0 saturated heterocycles. The summed E-state index contributed by atoms with van der Waals surface area (Å²) in [6, 6.07) is 9.36. The Bertz CT molecular complexity index is 451. The van der Waals surface area contributed by atoms with Crippen molar-refractivity contribution in [3.63, 3.8) is 0 Å². The summed E-state index contributed by atoms with van der Waals surface area (Å²) in [5.41, 5.74) is 0.904. The van der Waals surface area contributed by atoms with Crippen molar-refractivity contribution in [2.24, 2.45) is 5.92 Å². The SMILES string of the molecule is CCOC(=O)C(Cc1ccccc1)C(CO)(OCC)[PH2]=O. The number of carbonyl (C=O) groups excluding carboxylic acids is 1. The van der Waals surface area contributed by atoms with Crippen LogP contribution >= 0.6 is 8.46 Å². The van der Waals surface area contributed by atoms with E-state index in [4.69, 9.17) is 9.47 Å². The summed E-state index contributed by atoms with van der Waals surface area (Å²) in [4.78, 5) is 12.2. The smallest absolute Gasteiger partial charge is 0.312 e. The van der Waals surface area contributed by atoms with Crippen LogP contribution < -0.4 is 0 Å². The molecule has 3 unspecified atom stereocenters. The van der Waals surface area contributed by atoms with Crippen LogP contribution in [0.4, 0.5) is 0 Å². The standard InChI is InChI=1S/C15H23O5P/c1-3-19-14(17)13(10-12-8-6-5-7-9-12)15(11-16,21-18)20-4-2/h5-9,13,16H,3-4,10-11,21H2,1-2H3. The van der Waals surface area contributed by atoms with Crippen LogP contribution in [0.25, 0.3) is 0 Å². The molecule has 1 rings (SSSR count). The summed E-state index contributed by atoms with van der Waals surface area (Å²) < 4.78 is 22.3. The fourth-order valence-electron chi connectivity index (χ4n) is 2.23. The Morgan fingerprint density at radius 1 is 1.29 bits per heavy atom. The summed E-state index contributed by atoms with van der Waals surface area (Å²) in [7, 11) is -1.50. The molecule has 21 heavy (non-hydrogen) atoms. The van der Waals surface area contributed by atoms with E-state index in [0.717, 1.165) is 5.56 Å². The Morgan fingerprint density at radius 2 is 1.95 bits per heavy atom. The zero-order valence-corrected chi connectivity index (χ0v) is 13.6. The summed E-state index contributed by atoms with van der Waals surface area (Å²) in [6.45, 7) is 3.47. The molecule has 1 N–H and O–H groups in total. The van der Waals surface area contributed by atoms with Gasteiger partial charge in [0.1, 0.15) is 0 Å². The number of aliphatic hydroxyl groups excluding tert-OH is 1. The number of esters is 1. The Morgan fingerprint density at radius 3 is 2.43 bits per heavy atom. The van der Waals surface area contributed by atoms with E-state index in [0.29, 0.717) is 6.42 Å². The average molecular weight is 314 g/mol. The lowest BCUT2D eigenvalue weighted by Crippen LogP contribution is -2.45. The van der Waals surface area contributed by atoms with Gasteiger partial charge in [-0.25, -0.2) is 0 Å². The lowest BCUT2D eigenvalue weighted by Gasteiger charge is -2.33. The molecule has 0 aromatic heterocycles. The van der Waals surface area contributed by atoms with Gasteiger partial charge < -0.3 is 19.1 Å². The second-order valence-electron chi connectivity index (χ2n) is 4.66. The van der Waals surface area contributed by atoms with Crippen molar-refractivity contribution in [2.45, 2.75) is 25.6 Å². The zero-order valence-electron chi connectivity index (χ0n) is 12.5. The van der Waals surface area contributed by atoms with Gasteiger partial charge in [-0.05, 0) is 25.8 Å². The number of ether oxygens (including phenoxy) is 2. The van der Waals surface area contributed by atoms with Crippen LogP contribution in [0.15, 0.2) is 30.3 Å². The van der Waals surface area contributed by atoms with Crippen molar-refractivity contribution in [1.82, 2.24) is 0 Å². The van der Waals surface area contributed by atoms with E-state index in [9.17, 15) is 14.5 Å². The molecule has 0 spiro atoms. The van der Waals surface area contributed by atoms with E-state index in [1.807, 2.05) is 30.3 Å². The number of rotatable bonds is 9. The van der Waals surface area contributed by atoms with Crippen molar-refractivity contribution < 1.29 is 23.9 Å². The molecule has 1 aromatic carbocycles. The van der Waals surface area contributed by atoms with Crippen LogP contribution in [0.2, 0.25) is 0 Å². The first-order chi connectivity index (χ1) is 10.1. The maximum absolute atomic E-state index is 12.2. The van der Waals surface area contributed by atoms with Gasteiger partial charge in [-0.15, -0.1) is 0 Å². The fourth-order valence-corrected chi connectivity index (χ4v) is 2.95. The largest absolute Gasteiger partial charge is 0.466 e. The molecule has 3 atom stereocenters. The first kappa shape index (κ1) is 17.9. The topological polar surface area (TPSA) is 72.8 Å². The van der Waals surface area contributed by atoms with Crippen LogP contribution in [0.3, 0.4) is 0 Å². The minimum atomic E-state index is -1.50. The molecule has 0 saturated carbocycles. The number of hydrogen-bond acceptors (Lipinski definition) is 5. The zero-order chi connectivity index (χ0) is 15.7. The van der Waals surface area contributed by atoms with Crippen molar-refractivity contribution in [2.75, 3.05) is 19.8 Å². The molecule has 6 heteroatoms. The Hall–Kier alpha value is -1.16. The van der Waals surface area contributed by atoms with Gasteiger partial charge in [0.05, 0.1) is 27.6 Å². The Kier molecular flexibility index (Phi) is 7.65. The van der Waals surface area contributed by atoms with Gasteiger partial charge in [0.2, 0.25) is 0 Å². The molecule has 0 amide bonds. The number of benzene rings is 1. The van der Waals surface area contributed by atoms with Crippen LogP contribution in [0.5, 0.6) is 0 Å². The van der Waals surface area contributed by atoms with E-state index < -0.39 is 32.3 Å². The maximum Gasteiger partial charge on any atom is 0.312 e. The van der Waals surface area contributed by atoms with Crippen LogP contribution in [0.1, 0.15) is 19.4 Å². The van der Waals surface area contributed by atoms with Crippen LogP contribution in [-0.4, -0.2) is 36.2 Å². The number of hydrogen-bond donors (Lipinski definition) is 1. The minimum Gasteiger partial charge on any atom is -0.466 e. The van der Waals surface area contributed by atoms with Crippen molar-refractivity contribution in [1.29, 1.82) is 0 Å². The molecule has 0 bridgehead atoms. The Labute approximate surface area is 126 Å². The number of aliphatic hydroxyl groups is 1. The van der Waals surface area contributed by atoms with Crippen molar-refractivity contribution in [3.8, 4) is 0 Å². The number of carbonyl (C=O) groups is 1. The molecular weight excluding hydrogens is 291 g/mol. The van der Waals surface area contributed by atoms with Gasteiger partial charge in [0.25, 0.3) is 0 Å². The highest BCUT2D eigenvalue weighted by Gasteiger charge is 2.44. The third-order valence-electron chi connectivity index (χ3n) is 3.30. The molecule has 1 aromatic rings. The summed E-state index contributed by atoms with van der Waals surface area (Å²) >= 11 is 0. The monoisotopic (exact) mass is 314 g/mol. The van der Waals surface area contributed by atoms with E-state index in [2.05, 4.69) is 0 Å². The molecule has 0 heterocycles. The summed E-state index contributed by atoms with van der Waals surface area (Å²) in [6.07, 6.45) is 0.315. The molecule has 0 radical (unpaired) electrons. The van der Waals surface area contributed by atoms with E-state index in [1.165, 1.54) is 0 Å². The average Bonchev–Trinajstić information content (AvgIpc) is 2.52. The molecular formula is C15H23O5P. The normalized spacial score (nSPS) is 15.8. The van der Waals surface area contributed by atoms with E-state index in [-0.39, 0.29) is 13.2 Å². The van der Waals surface area contributed by atoms with Gasteiger partial charge in [0.15, 0.2) is 5.34 Å². The lowest BCUT2D eigenvalue weighted by atomic mass is 9.93. The molecule has 118 valence electrons. The lowest BCUT2D eigenvalue weighted by molar-refractivity contribution is -0.158. The molecule has 0 fully saturated rings. The minimum absolute atomic E-state index is 0.228. The van der Waals surface area contributed by atoms with Crippen molar-refractivity contribution in [3.05, 3.63) is 35.9 Å². The van der Waals surface area contributed by atoms with Crippen molar-refractivity contribution >= 4 is 14.4 Å². The molecule has 0 aliphatic heterocycles. The van der Waals surface area contributed by atoms with Gasteiger partial charge in [0, 0.05) is 6.61 Å². The second-order valence-corrected chi connectivity index (χ2v) is 5.87. The first-order valence-corrected chi connectivity index (χ1v) is 8.10. The first-order valence-electron chi connectivity index (χ1n) is 7.05. The quantitative estimate of drug-likeness (QED) is 0.556. The van der Waals surface area contributed by atoms with E-state index >= 15 is 0 Å². The molecule has 0 aliphatic carbocycles. The summed E-state index contributed by atoms with van der Waals surface area (Å²) in [5.74, 6) is -1.29. The highest BCUT2D eigenvalue weighted by molar-refractivity contribution is 7.25. The van der Waals surface area contributed by atoms with E-state index in [1.54, 1.807) is 13.8 Å². The van der Waals surface area contributed by atoms with Crippen LogP contribution in [-0.2, 0) is 25.3 Å². The predicted molar refractivity (Wildman–Crippen MR) is 82.1 cm³/mol. The molecule has 0 aliphatic rings. The van der Waals surface area contributed by atoms with Gasteiger partial charge >= 0.3 is 5.97 Å². The van der Waals surface area contributed by atoms with Gasteiger partial charge in [-0.1, -0.05) is 30.3 Å². The highest BCUT2D eigenvalue weighted by atomic mass is 31.1. The van der Waals surface area contributed by atoms with Crippen LogP contribution in [0, 0.1) is 5.92 Å². The third kappa shape index (κ3) is 4.67.